The quantitative estimate of drug-likeness (QED) is 0.685. The van der Waals surface area contributed by atoms with Crippen LogP contribution in [0.5, 0.6) is 0 Å². The van der Waals surface area contributed by atoms with E-state index in [1.54, 1.807) is 6.08 Å². The van der Waals surface area contributed by atoms with Crippen molar-refractivity contribution in [3.63, 3.8) is 0 Å². The Morgan fingerprint density at radius 2 is 1.75 bits per heavy atom. The Kier molecular flexibility index (Phi) is 4.43. The molecule has 0 saturated carbocycles. The molecule has 2 heterocycles. The molecule has 1 aliphatic rings. The maximum absolute atomic E-state index is 13.0. The van der Waals surface area contributed by atoms with Gasteiger partial charge in [-0.15, -0.1) is 0 Å². The van der Waals surface area contributed by atoms with Crippen LogP contribution in [0.4, 0.5) is 13.2 Å². The lowest BCUT2D eigenvalue weighted by molar-refractivity contribution is -0.137. The van der Waals surface area contributed by atoms with Gasteiger partial charge < -0.3 is 0 Å². The molecule has 1 aliphatic heterocycles. The van der Waals surface area contributed by atoms with Crippen LogP contribution < -0.4 is 5.43 Å². The van der Waals surface area contributed by atoms with E-state index in [-0.39, 0.29) is 16.8 Å². The van der Waals surface area contributed by atoms with Gasteiger partial charge in [0.2, 0.25) is 5.43 Å². The van der Waals surface area contributed by atoms with Gasteiger partial charge in [-0.2, -0.15) is 18.3 Å². The molecule has 0 atom stereocenters. The fourth-order valence-electron chi connectivity index (χ4n) is 3.02. The van der Waals surface area contributed by atoms with Crippen molar-refractivity contribution >= 4 is 11.3 Å². The van der Waals surface area contributed by atoms with Crippen molar-refractivity contribution in [1.82, 2.24) is 9.78 Å². The molecule has 0 amide bonds. The Labute approximate surface area is 158 Å². The summed E-state index contributed by atoms with van der Waals surface area (Å²) in [6.45, 7) is 0.416. The predicted octanol–water partition coefficient (Wildman–Crippen LogP) is 4.14. The second-order valence-corrected chi connectivity index (χ2v) is 6.19. The number of aromatic nitrogens is 2. The Bertz CT molecular complexity index is 1150. The first kappa shape index (κ1) is 17.9. The summed E-state index contributed by atoms with van der Waals surface area (Å²) < 4.78 is 40.3. The molecule has 2 aromatic carbocycles. The number of allylic oxidation sites excluding steroid dienone is 1. The van der Waals surface area contributed by atoms with E-state index < -0.39 is 11.7 Å². The molecule has 3 aromatic rings. The minimum atomic E-state index is -4.46. The number of alkyl halides is 3. The maximum Gasteiger partial charge on any atom is 0.416 e. The van der Waals surface area contributed by atoms with E-state index >= 15 is 0 Å². The molecule has 0 spiro atoms. The highest BCUT2D eigenvalue weighted by Crippen LogP contribution is 2.30. The van der Waals surface area contributed by atoms with Gasteiger partial charge in [0, 0.05) is 23.4 Å². The molecule has 1 aromatic heterocycles. The zero-order chi connectivity index (χ0) is 19.7. The van der Waals surface area contributed by atoms with E-state index in [1.807, 2.05) is 30.3 Å². The van der Waals surface area contributed by atoms with Gasteiger partial charge in [-0.25, -0.2) is 4.68 Å². The molecule has 7 heteroatoms. The number of halogens is 3. The first-order valence-electron chi connectivity index (χ1n) is 8.52. The Hall–Kier alpha value is -3.48. The molecular formula is C21H14F3N3O. The van der Waals surface area contributed by atoms with Crippen molar-refractivity contribution in [3.8, 4) is 5.69 Å². The Balaban J connectivity index is 1.77. The van der Waals surface area contributed by atoms with E-state index in [9.17, 15) is 18.0 Å². The lowest BCUT2D eigenvalue weighted by atomic mass is 10.0. The van der Waals surface area contributed by atoms with Gasteiger partial charge in [0.1, 0.15) is 5.69 Å². The SMILES string of the molecule is O=c1ccn(-c2cccc(C(F)(F)F)c2)nc1C1=CCN=C1c1ccccc1. The molecule has 0 radical (unpaired) electrons. The summed E-state index contributed by atoms with van der Waals surface area (Å²) in [5, 5.41) is 4.31. The Morgan fingerprint density at radius 3 is 2.50 bits per heavy atom. The summed E-state index contributed by atoms with van der Waals surface area (Å²) in [6, 6.07) is 15.5. The highest BCUT2D eigenvalue weighted by atomic mass is 19.4. The fraction of sp³-hybridized carbons (Fsp3) is 0.0952. The summed E-state index contributed by atoms with van der Waals surface area (Å²) in [4.78, 5) is 16.9. The second kappa shape index (κ2) is 6.92. The van der Waals surface area contributed by atoms with Crippen molar-refractivity contribution in [2.45, 2.75) is 6.18 Å². The average molecular weight is 381 g/mol. The van der Waals surface area contributed by atoms with E-state index in [0.717, 1.165) is 17.7 Å². The van der Waals surface area contributed by atoms with Crippen LogP contribution >= 0.6 is 0 Å². The van der Waals surface area contributed by atoms with Crippen LogP contribution in [-0.4, -0.2) is 22.0 Å². The minimum absolute atomic E-state index is 0.153. The molecule has 0 fully saturated rings. The maximum atomic E-state index is 13.0. The molecule has 0 bridgehead atoms. The normalized spacial score (nSPS) is 14.0. The highest BCUT2D eigenvalue weighted by molar-refractivity contribution is 6.32. The number of hydrogen-bond donors (Lipinski definition) is 0. The van der Waals surface area contributed by atoms with Crippen LogP contribution in [0.2, 0.25) is 0 Å². The van der Waals surface area contributed by atoms with E-state index in [0.29, 0.717) is 17.8 Å². The largest absolute Gasteiger partial charge is 0.416 e. The predicted molar refractivity (Wildman–Crippen MR) is 101 cm³/mol. The van der Waals surface area contributed by atoms with Crippen LogP contribution in [0, 0.1) is 0 Å². The molecule has 0 saturated heterocycles. The lowest BCUT2D eigenvalue weighted by Crippen LogP contribution is -2.18. The molecule has 4 rings (SSSR count). The molecule has 0 aliphatic carbocycles. The minimum Gasteiger partial charge on any atom is -0.287 e. The first-order valence-corrected chi connectivity index (χ1v) is 8.52. The van der Waals surface area contributed by atoms with Crippen LogP contribution in [0.15, 0.2) is 82.7 Å². The topological polar surface area (TPSA) is 47.2 Å². The van der Waals surface area contributed by atoms with Gasteiger partial charge in [0.05, 0.1) is 23.5 Å². The van der Waals surface area contributed by atoms with Crippen molar-refractivity contribution in [3.05, 3.63) is 100.0 Å². The van der Waals surface area contributed by atoms with Gasteiger partial charge >= 0.3 is 6.18 Å². The second-order valence-electron chi connectivity index (χ2n) is 6.19. The van der Waals surface area contributed by atoms with Gasteiger partial charge in [0.15, 0.2) is 0 Å². The third-order valence-electron chi connectivity index (χ3n) is 4.35. The summed E-state index contributed by atoms with van der Waals surface area (Å²) >= 11 is 0. The van der Waals surface area contributed by atoms with Crippen molar-refractivity contribution < 1.29 is 13.2 Å². The Morgan fingerprint density at radius 1 is 0.964 bits per heavy atom. The molecule has 4 nitrogen and oxygen atoms in total. The number of nitrogens with zero attached hydrogens (tertiary/aromatic N) is 3. The average Bonchev–Trinajstić information content (AvgIpc) is 3.18. The van der Waals surface area contributed by atoms with E-state index in [4.69, 9.17) is 0 Å². The third-order valence-corrected chi connectivity index (χ3v) is 4.35. The zero-order valence-electron chi connectivity index (χ0n) is 14.5. The van der Waals surface area contributed by atoms with E-state index in [2.05, 4.69) is 10.1 Å². The van der Waals surface area contributed by atoms with Crippen molar-refractivity contribution in [2.24, 2.45) is 4.99 Å². The fourth-order valence-corrected chi connectivity index (χ4v) is 3.02. The summed E-state index contributed by atoms with van der Waals surface area (Å²) in [5.41, 5.74) is 1.35. The van der Waals surface area contributed by atoms with Crippen molar-refractivity contribution in [1.29, 1.82) is 0 Å². The zero-order valence-corrected chi connectivity index (χ0v) is 14.5. The third kappa shape index (κ3) is 3.38. The molecule has 0 N–H and O–H groups in total. The highest BCUT2D eigenvalue weighted by Gasteiger charge is 2.30. The molecule has 28 heavy (non-hydrogen) atoms. The summed E-state index contributed by atoms with van der Waals surface area (Å²) in [6.07, 6.45) is -1.31. The van der Waals surface area contributed by atoms with Crippen LogP contribution in [0.1, 0.15) is 16.8 Å². The molecule has 0 unspecified atom stereocenters. The van der Waals surface area contributed by atoms with Crippen LogP contribution in [0.25, 0.3) is 11.3 Å². The van der Waals surface area contributed by atoms with Crippen LogP contribution in [0.3, 0.4) is 0 Å². The number of rotatable bonds is 3. The van der Waals surface area contributed by atoms with Gasteiger partial charge in [-0.1, -0.05) is 42.5 Å². The van der Waals surface area contributed by atoms with Gasteiger partial charge in [0.25, 0.3) is 0 Å². The monoisotopic (exact) mass is 381 g/mol. The van der Waals surface area contributed by atoms with Crippen molar-refractivity contribution in [2.75, 3.05) is 6.54 Å². The standard InChI is InChI=1S/C21H14F3N3O/c22-21(23,24)15-7-4-8-16(13-15)27-12-10-18(28)20(26-27)17-9-11-25-19(17)14-5-2-1-3-6-14/h1-10,12-13H,11H2. The first-order chi connectivity index (χ1) is 13.4. The van der Waals surface area contributed by atoms with Crippen LogP contribution in [-0.2, 0) is 6.18 Å². The summed E-state index contributed by atoms with van der Waals surface area (Å²) in [7, 11) is 0. The van der Waals surface area contributed by atoms with E-state index in [1.165, 1.54) is 29.1 Å². The smallest absolute Gasteiger partial charge is 0.287 e. The lowest BCUT2D eigenvalue weighted by Gasteiger charge is -2.12. The number of aliphatic imine (C=N–C) groups is 1. The van der Waals surface area contributed by atoms with Gasteiger partial charge in [-0.3, -0.25) is 9.79 Å². The molecule has 140 valence electrons. The summed E-state index contributed by atoms with van der Waals surface area (Å²) in [5.74, 6) is 0. The molecular weight excluding hydrogens is 367 g/mol. The number of benzene rings is 2. The van der Waals surface area contributed by atoms with Gasteiger partial charge in [-0.05, 0) is 18.2 Å². The number of hydrogen-bond acceptors (Lipinski definition) is 3.